The van der Waals surface area contributed by atoms with Gasteiger partial charge in [-0.25, -0.2) is 0 Å². The molecule has 4 nitrogen and oxygen atoms in total. The molecule has 1 aromatic rings. The molecule has 0 spiro atoms. The first-order valence-corrected chi connectivity index (χ1v) is 8.03. The van der Waals surface area contributed by atoms with Crippen LogP contribution < -0.4 is 4.74 Å². The number of thioether (sulfide) groups is 1. The second-order valence-electron chi connectivity index (χ2n) is 5.03. The Balaban J connectivity index is 1.80. The van der Waals surface area contributed by atoms with Crippen LogP contribution >= 0.6 is 11.8 Å². The molecule has 0 aromatic heterocycles. The van der Waals surface area contributed by atoms with E-state index < -0.39 is 5.97 Å². The van der Waals surface area contributed by atoms with Gasteiger partial charge in [0, 0.05) is 30.6 Å². The van der Waals surface area contributed by atoms with Crippen molar-refractivity contribution in [2.75, 3.05) is 31.2 Å². The van der Waals surface area contributed by atoms with Crippen LogP contribution in [0, 0.1) is 6.92 Å². The van der Waals surface area contributed by atoms with Crippen molar-refractivity contribution in [1.82, 2.24) is 4.90 Å². The summed E-state index contributed by atoms with van der Waals surface area (Å²) in [4.78, 5) is 13.1. The molecule has 1 saturated heterocycles. The van der Waals surface area contributed by atoms with Gasteiger partial charge in [-0.1, -0.05) is 12.1 Å². The smallest absolute Gasteiger partial charge is 0.304 e. The molecule has 0 amide bonds. The SMILES string of the molecule is Cc1cccc(OCCN2CCSCC2CC(=O)O)c1. The molecule has 1 aliphatic heterocycles. The van der Waals surface area contributed by atoms with Gasteiger partial charge < -0.3 is 9.84 Å². The third-order valence-electron chi connectivity index (χ3n) is 3.40. The van der Waals surface area contributed by atoms with Crippen LogP contribution in [-0.4, -0.2) is 53.2 Å². The van der Waals surface area contributed by atoms with Gasteiger partial charge in [0.25, 0.3) is 0 Å². The van der Waals surface area contributed by atoms with Gasteiger partial charge in [-0.05, 0) is 24.6 Å². The lowest BCUT2D eigenvalue weighted by molar-refractivity contribution is -0.138. The summed E-state index contributed by atoms with van der Waals surface area (Å²) in [6.45, 7) is 4.37. The first-order valence-electron chi connectivity index (χ1n) is 6.88. The van der Waals surface area contributed by atoms with E-state index >= 15 is 0 Å². The van der Waals surface area contributed by atoms with E-state index in [1.54, 1.807) is 0 Å². The second-order valence-corrected chi connectivity index (χ2v) is 6.18. The molecule has 1 atom stereocenters. The van der Waals surface area contributed by atoms with Gasteiger partial charge in [-0.3, -0.25) is 9.69 Å². The number of aryl methyl sites for hydroxylation is 1. The Morgan fingerprint density at radius 2 is 2.40 bits per heavy atom. The molecular formula is C15H21NO3S. The highest BCUT2D eigenvalue weighted by molar-refractivity contribution is 7.99. The lowest BCUT2D eigenvalue weighted by Crippen LogP contribution is -2.45. The normalized spacial score (nSPS) is 19.8. The van der Waals surface area contributed by atoms with E-state index in [-0.39, 0.29) is 12.5 Å². The quantitative estimate of drug-likeness (QED) is 0.872. The summed E-state index contributed by atoms with van der Waals surface area (Å²) in [5.41, 5.74) is 1.18. The van der Waals surface area contributed by atoms with Crippen LogP contribution in [0.5, 0.6) is 5.75 Å². The maximum atomic E-state index is 10.9. The summed E-state index contributed by atoms with van der Waals surface area (Å²) in [6.07, 6.45) is 0.220. The summed E-state index contributed by atoms with van der Waals surface area (Å²) in [6, 6.07) is 8.12. The highest BCUT2D eigenvalue weighted by Crippen LogP contribution is 2.19. The predicted molar refractivity (Wildman–Crippen MR) is 81.6 cm³/mol. The van der Waals surface area contributed by atoms with Crippen molar-refractivity contribution in [3.63, 3.8) is 0 Å². The van der Waals surface area contributed by atoms with Crippen LogP contribution in [0.3, 0.4) is 0 Å². The molecule has 0 aliphatic carbocycles. The Morgan fingerprint density at radius 3 is 3.15 bits per heavy atom. The van der Waals surface area contributed by atoms with Crippen LogP contribution in [0.25, 0.3) is 0 Å². The summed E-state index contributed by atoms with van der Waals surface area (Å²) >= 11 is 1.83. The molecule has 110 valence electrons. The first-order chi connectivity index (χ1) is 9.65. The number of hydrogen-bond acceptors (Lipinski definition) is 4. The van der Waals surface area contributed by atoms with Gasteiger partial charge in [0.15, 0.2) is 0 Å². The molecule has 20 heavy (non-hydrogen) atoms. The second kappa shape index (κ2) is 7.55. The lowest BCUT2D eigenvalue weighted by atomic mass is 10.2. The molecular weight excluding hydrogens is 274 g/mol. The maximum Gasteiger partial charge on any atom is 0.304 e. The van der Waals surface area contributed by atoms with Gasteiger partial charge in [0.2, 0.25) is 0 Å². The van der Waals surface area contributed by atoms with E-state index in [2.05, 4.69) is 4.90 Å². The molecule has 1 aliphatic rings. The predicted octanol–water partition coefficient (Wildman–Crippen LogP) is 2.27. The number of rotatable bonds is 6. The fourth-order valence-electron chi connectivity index (χ4n) is 2.36. The van der Waals surface area contributed by atoms with Crippen LogP contribution in [0.2, 0.25) is 0 Å². The van der Waals surface area contributed by atoms with Gasteiger partial charge in [0.05, 0.1) is 6.42 Å². The highest BCUT2D eigenvalue weighted by Gasteiger charge is 2.24. The molecule has 1 aromatic carbocycles. The summed E-state index contributed by atoms with van der Waals surface area (Å²) in [7, 11) is 0. The molecule has 0 radical (unpaired) electrons. The number of nitrogens with zero attached hydrogens (tertiary/aromatic N) is 1. The van der Waals surface area contributed by atoms with Crippen molar-refractivity contribution < 1.29 is 14.6 Å². The topological polar surface area (TPSA) is 49.8 Å². The highest BCUT2D eigenvalue weighted by atomic mass is 32.2. The molecule has 1 heterocycles. The van der Waals surface area contributed by atoms with Crippen molar-refractivity contribution in [1.29, 1.82) is 0 Å². The Labute approximate surface area is 124 Å². The van der Waals surface area contributed by atoms with Crippen molar-refractivity contribution in [3.8, 4) is 5.75 Å². The van der Waals surface area contributed by atoms with E-state index in [4.69, 9.17) is 9.84 Å². The molecule has 2 rings (SSSR count). The molecule has 1 N–H and O–H groups in total. The summed E-state index contributed by atoms with van der Waals surface area (Å²) in [5.74, 6) is 2.13. The number of hydrogen-bond donors (Lipinski definition) is 1. The Hall–Kier alpha value is -1.20. The van der Waals surface area contributed by atoms with E-state index in [1.165, 1.54) is 5.56 Å². The fourth-order valence-corrected chi connectivity index (χ4v) is 3.49. The number of ether oxygens (including phenoxy) is 1. The number of carbonyl (C=O) groups is 1. The largest absolute Gasteiger partial charge is 0.492 e. The summed E-state index contributed by atoms with van der Waals surface area (Å²) in [5, 5.41) is 8.95. The number of benzene rings is 1. The Bertz CT molecular complexity index is 452. The van der Waals surface area contributed by atoms with Gasteiger partial charge in [0.1, 0.15) is 12.4 Å². The minimum Gasteiger partial charge on any atom is -0.492 e. The molecule has 0 bridgehead atoms. The molecule has 1 fully saturated rings. The minimum absolute atomic E-state index is 0.132. The number of carboxylic acids is 1. The van der Waals surface area contributed by atoms with E-state index in [0.717, 1.165) is 30.3 Å². The van der Waals surface area contributed by atoms with Gasteiger partial charge in [-0.15, -0.1) is 0 Å². The lowest BCUT2D eigenvalue weighted by Gasteiger charge is -2.34. The van der Waals surface area contributed by atoms with Crippen LogP contribution in [0.4, 0.5) is 0 Å². The summed E-state index contributed by atoms with van der Waals surface area (Å²) < 4.78 is 5.75. The number of aliphatic carboxylic acids is 1. The molecule has 5 heteroatoms. The zero-order chi connectivity index (χ0) is 14.4. The fraction of sp³-hybridized carbons (Fsp3) is 0.533. The van der Waals surface area contributed by atoms with Crippen molar-refractivity contribution in [2.45, 2.75) is 19.4 Å². The molecule has 1 unspecified atom stereocenters. The standard InChI is InChI=1S/C15H21NO3S/c1-12-3-2-4-14(9-12)19-7-5-16-6-8-20-11-13(16)10-15(17)18/h2-4,9,13H,5-8,10-11H2,1H3,(H,17,18). The first kappa shape index (κ1) is 15.2. The zero-order valence-corrected chi connectivity index (χ0v) is 12.6. The minimum atomic E-state index is -0.720. The maximum absolute atomic E-state index is 10.9. The number of carboxylic acid groups (broad SMARTS) is 1. The molecule has 0 saturated carbocycles. The average molecular weight is 295 g/mol. The van der Waals surface area contributed by atoms with Crippen molar-refractivity contribution in [3.05, 3.63) is 29.8 Å². The monoisotopic (exact) mass is 295 g/mol. The van der Waals surface area contributed by atoms with E-state index in [1.807, 2.05) is 43.0 Å². The Kier molecular flexibility index (Phi) is 5.73. The van der Waals surface area contributed by atoms with E-state index in [0.29, 0.717) is 6.61 Å². The van der Waals surface area contributed by atoms with Crippen LogP contribution in [0.15, 0.2) is 24.3 Å². The van der Waals surface area contributed by atoms with Gasteiger partial charge >= 0.3 is 5.97 Å². The van der Waals surface area contributed by atoms with Crippen LogP contribution in [0.1, 0.15) is 12.0 Å². The van der Waals surface area contributed by atoms with Gasteiger partial charge in [-0.2, -0.15) is 11.8 Å². The van der Waals surface area contributed by atoms with Crippen molar-refractivity contribution in [2.24, 2.45) is 0 Å². The Morgan fingerprint density at radius 1 is 1.55 bits per heavy atom. The average Bonchev–Trinajstić information content (AvgIpc) is 2.40. The van der Waals surface area contributed by atoms with Crippen LogP contribution in [-0.2, 0) is 4.79 Å². The third kappa shape index (κ3) is 4.72. The van der Waals surface area contributed by atoms with Crippen molar-refractivity contribution >= 4 is 17.7 Å². The van der Waals surface area contributed by atoms with E-state index in [9.17, 15) is 4.79 Å². The zero-order valence-electron chi connectivity index (χ0n) is 11.7. The third-order valence-corrected chi connectivity index (χ3v) is 4.49.